The van der Waals surface area contributed by atoms with Crippen LogP contribution in [0.3, 0.4) is 0 Å². The summed E-state index contributed by atoms with van der Waals surface area (Å²) in [7, 11) is 0. The van der Waals surface area contributed by atoms with Gasteiger partial charge in [-0.25, -0.2) is 13.6 Å². The first-order valence-corrected chi connectivity index (χ1v) is 12.7. The van der Waals surface area contributed by atoms with E-state index in [-0.39, 0.29) is 24.1 Å². The van der Waals surface area contributed by atoms with Crippen molar-refractivity contribution < 1.29 is 28.2 Å². The molecule has 6 nitrogen and oxygen atoms in total. The maximum atomic E-state index is 13.9. The van der Waals surface area contributed by atoms with Crippen molar-refractivity contribution in [2.45, 2.75) is 89.0 Å². The molecule has 3 aliphatic heterocycles. The molecule has 2 fully saturated rings. The molecule has 8 heteroatoms. The van der Waals surface area contributed by atoms with Crippen LogP contribution in [0.25, 0.3) is 0 Å². The van der Waals surface area contributed by atoms with E-state index in [1.807, 2.05) is 0 Å². The summed E-state index contributed by atoms with van der Waals surface area (Å²) in [4.78, 5) is 30.5. The summed E-state index contributed by atoms with van der Waals surface area (Å²) in [5, 5.41) is 9.83. The molecule has 5 rings (SSSR count). The fraction of sp³-hybridized carbons (Fsp3) is 0.630. The third-order valence-corrected chi connectivity index (χ3v) is 8.44. The van der Waals surface area contributed by atoms with Crippen LogP contribution in [0.5, 0.6) is 0 Å². The zero-order valence-corrected chi connectivity index (χ0v) is 20.5. The minimum atomic E-state index is -2.94. The van der Waals surface area contributed by atoms with Gasteiger partial charge >= 0.3 is 5.97 Å². The van der Waals surface area contributed by atoms with Gasteiger partial charge in [0.05, 0.1) is 11.7 Å². The van der Waals surface area contributed by atoms with E-state index < -0.39 is 17.5 Å². The summed E-state index contributed by atoms with van der Waals surface area (Å²) in [6, 6.07) is 5.11. The van der Waals surface area contributed by atoms with Crippen LogP contribution in [-0.2, 0) is 33.2 Å². The number of piperidine rings is 1. The summed E-state index contributed by atoms with van der Waals surface area (Å²) in [6.45, 7) is 4.72. The number of esters is 1. The summed E-state index contributed by atoms with van der Waals surface area (Å²) in [5.41, 5.74) is 1.55. The van der Waals surface area contributed by atoms with Crippen molar-refractivity contribution in [3.05, 3.63) is 46.0 Å². The molecule has 1 saturated heterocycles. The van der Waals surface area contributed by atoms with E-state index >= 15 is 0 Å². The van der Waals surface area contributed by atoms with E-state index in [2.05, 4.69) is 4.90 Å². The average Bonchev–Trinajstić information content (AvgIpc) is 3.07. The number of hydrogen-bond acceptors (Lipinski definition) is 5. The van der Waals surface area contributed by atoms with Crippen molar-refractivity contribution >= 4 is 11.9 Å². The largest absolute Gasteiger partial charge is 0.450 e. The molecule has 3 heterocycles. The number of likely N-dealkylation sites (tertiary alicyclic amines) is 1. The first-order valence-electron chi connectivity index (χ1n) is 12.7. The molecule has 0 atom stereocenters. The molecule has 0 unspecified atom stereocenters. The van der Waals surface area contributed by atoms with E-state index in [0.29, 0.717) is 43.0 Å². The van der Waals surface area contributed by atoms with Gasteiger partial charge in [0.2, 0.25) is 0 Å². The Morgan fingerprint density at radius 1 is 1.11 bits per heavy atom. The summed E-state index contributed by atoms with van der Waals surface area (Å²) >= 11 is 0. The van der Waals surface area contributed by atoms with Crippen molar-refractivity contribution in [2.24, 2.45) is 0 Å². The van der Waals surface area contributed by atoms with E-state index in [1.54, 1.807) is 17.9 Å². The quantitative estimate of drug-likeness (QED) is 0.658. The van der Waals surface area contributed by atoms with Crippen molar-refractivity contribution in [1.29, 1.82) is 0 Å². The van der Waals surface area contributed by atoms with E-state index in [4.69, 9.17) is 4.74 Å². The lowest BCUT2D eigenvalue weighted by Gasteiger charge is -2.44. The van der Waals surface area contributed by atoms with Crippen LogP contribution < -0.4 is 0 Å². The van der Waals surface area contributed by atoms with Gasteiger partial charge in [0.15, 0.2) is 0 Å². The smallest absolute Gasteiger partial charge is 0.335 e. The predicted octanol–water partition coefficient (Wildman–Crippen LogP) is 3.69. The van der Waals surface area contributed by atoms with Gasteiger partial charge < -0.3 is 19.6 Å². The Morgan fingerprint density at radius 3 is 2.46 bits per heavy atom. The number of carbonyl (C=O) groups is 2. The van der Waals surface area contributed by atoms with Gasteiger partial charge in [-0.05, 0) is 56.2 Å². The minimum Gasteiger partial charge on any atom is -0.450 e. The molecule has 0 aromatic heterocycles. The number of aliphatic hydroxyl groups excluding tert-OH is 1. The molecule has 4 aliphatic rings. The van der Waals surface area contributed by atoms with Gasteiger partial charge in [-0.3, -0.25) is 4.79 Å². The topological polar surface area (TPSA) is 70.1 Å². The molecule has 1 amide bonds. The number of ether oxygens (including phenoxy) is 1. The van der Waals surface area contributed by atoms with Crippen LogP contribution >= 0.6 is 0 Å². The molecular formula is C27H34F2N2O4. The van der Waals surface area contributed by atoms with Crippen LogP contribution in [-0.4, -0.2) is 64.2 Å². The van der Waals surface area contributed by atoms with Crippen molar-refractivity contribution in [1.82, 2.24) is 9.80 Å². The number of aliphatic hydroxyl groups is 1. The molecule has 190 valence electrons. The molecule has 35 heavy (non-hydrogen) atoms. The first kappa shape index (κ1) is 24.4. The second kappa shape index (κ2) is 8.96. The second-order valence-electron chi connectivity index (χ2n) is 10.7. The van der Waals surface area contributed by atoms with E-state index in [1.165, 1.54) is 12.1 Å². The third kappa shape index (κ3) is 4.51. The lowest BCUT2D eigenvalue weighted by molar-refractivity contribution is -0.152. The SMILES string of the molecule is CC1=C(C(=O)N2CCc3ccc(C(C)(F)F)cc3C2)C2(CCN(C3CCC(O)CC3)CC2)OC1=O. The molecule has 1 aliphatic carbocycles. The molecule has 1 spiro atoms. The van der Waals surface area contributed by atoms with Gasteiger partial charge in [0.1, 0.15) is 5.60 Å². The highest BCUT2D eigenvalue weighted by Gasteiger charge is 2.52. The van der Waals surface area contributed by atoms with Crippen molar-refractivity contribution in [3.63, 3.8) is 0 Å². The van der Waals surface area contributed by atoms with E-state index in [9.17, 15) is 23.5 Å². The lowest BCUT2D eigenvalue weighted by atomic mass is 9.80. The Balaban J connectivity index is 1.33. The number of halogens is 2. The van der Waals surface area contributed by atoms with Gasteiger partial charge in [0, 0.05) is 63.1 Å². The minimum absolute atomic E-state index is 0.0561. The fourth-order valence-electron chi connectivity index (χ4n) is 6.29. The highest BCUT2D eigenvalue weighted by atomic mass is 19.3. The number of benzene rings is 1. The lowest BCUT2D eigenvalue weighted by Crippen LogP contribution is -2.52. The maximum Gasteiger partial charge on any atom is 0.335 e. The Kier molecular flexibility index (Phi) is 6.24. The average molecular weight is 489 g/mol. The summed E-state index contributed by atoms with van der Waals surface area (Å²) in [5.74, 6) is -3.60. The number of rotatable bonds is 3. The Labute approximate surface area is 204 Å². The molecule has 0 bridgehead atoms. The van der Waals surface area contributed by atoms with Crippen LogP contribution in [0.1, 0.15) is 69.1 Å². The number of hydrogen-bond donors (Lipinski definition) is 1. The summed E-state index contributed by atoms with van der Waals surface area (Å²) < 4.78 is 33.7. The highest BCUT2D eigenvalue weighted by molar-refractivity contribution is 6.07. The van der Waals surface area contributed by atoms with Crippen LogP contribution in [0, 0.1) is 0 Å². The molecule has 1 aromatic carbocycles. The predicted molar refractivity (Wildman–Crippen MR) is 126 cm³/mol. The Morgan fingerprint density at radius 2 is 1.80 bits per heavy atom. The van der Waals surface area contributed by atoms with E-state index in [0.717, 1.165) is 56.8 Å². The van der Waals surface area contributed by atoms with Gasteiger partial charge in [0.25, 0.3) is 11.8 Å². The Hall–Kier alpha value is -2.32. The number of fused-ring (bicyclic) bond motifs is 1. The standard InChI is InChI=1S/C27H34F2N2O4/c1-17-23(24(33)31-12-9-18-3-4-20(26(2,28)29)15-19(18)16-31)27(35-25(17)34)10-13-30(14-11-27)21-5-7-22(32)8-6-21/h3-4,15,21-22,32H,5-14,16H2,1-2H3. The Bertz CT molecular complexity index is 1050. The molecular weight excluding hydrogens is 454 g/mol. The van der Waals surface area contributed by atoms with Gasteiger partial charge in [-0.2, -0.15) is 0 Å². The molecule has 1 aromatic rings. The monoisotopic (exact) mass is 488 g/mol. The number of carbonyl (C=O) groups excluding carboxylic acids is 2. The van der Waals surface area contributed by atoms with Crippen LogP contribution in [0.2, 0.25) is 0 Å². The van der Waals surface area contributed by atoms with Crippen LogP contribution in [0.15, 0.2) is 29.3 Å². The number of alkyl halides is 2. The molecule has 1 saturated carbocycles. The number of nitrogens with zero attached hydrogens (tertiary/aromatic N) is 2. The second-order valence-corrected chi connectivity index (χ2v) is 10.7. The van der Waals surface area contributed by atoms with Gasteiger partial charge in [-0.15, -0.1) is 0 Å². The van der Waals surface area contributed by atoms with Crippen molar-refractivity contribution in [2.75, 3.05) is 19.6 Å². The van der Waals surface area contributed by atoms with Crippen LogP contribution in [0.4, 0.5) is 8.78 Å². The zero-order valence-electron chi connectivity index (χ0n) is 20.5. The van der Waals surface area contributed by atoms with Gasteiger partial charge in [-0.1, -0.05) is 12.1 Å². The fourth-order valence-corrected chi connectivity index (χ4v) is 6.29. The maximum absolute atomic E-state index is 13.9. The normalized spacial score (nSPS) is 27.2. The zero-order chi connectivity index (χ0) is 25.0. The summed E-state index contributed by atoms with van der Waals surface area (Å²) in [6.07, 6.45) is 5.05. The van der Waals surface area contributed by atoms with Crippen molar-refractivity contribution in [3.8, 4) is 0 Å². The highest BCUT2D eigenvalue weighted by Crippen LogP contribution is 2.43. The molecule has 1 N–H and O–H groups in total. The number of amides is 1. The third-order valence-electron chi connectivity index (χ3n) is 8.44. The first-order chi connectivity index (χ1) is 16.6. The molecule has 0 radical (unpaired) electrons.